The Kier molecular flexibility index (Phi) is 4.51. The molecular formula is C19H18N8O2S. The van der Waals surface area contributed by atoms with Crippen LogP contribution >= 0.6 is 11.3 Å². The van der Waals surface area contributed by atoms with Gasteiger partial charge in [0.05, 0.1) is 48.3 Å². The molecule has 10 nitrogen and oxygen atoms in total. The zero-order chi connectivity index (χ0) is 20.7. The fraction of sp³-hybridized carbons (Fsp3) is 0.263. The number of carbonyl (C=O) groups is 1. The van der Waals surface area contributed by atoms with E-state index in [0.29, 0.717) is 28.9 Å². The quantitative estimate of drug-likeness (QED) is 0.505. The summed E-state index contributed by atoms with van der Waals surface area (Å²) < 4.78 is 6.87. The fourth-order valence-electron chi connectivity index (χ4n) is 3.32. The van der Waals surface area contributed by atoms with Crippen LogP contribution in [0.5, 0.6) is 5.75 Å². The van der Waals surface area contributed by atoms with Gasteiger partial charge in [-0.2, -0.15) is 4.68 Å². The molecule has 1 aliphatic carbocycles. The highest BCUT2D eigenvalue weighted by atomic mass is 32.1. The number of urea groups is 1. The van der Waals surface area contributed by atoms with Crippen LogP contribution in [-0.2, 0) is 0 Å². The van der Waals surface area contributed by atoms with Crippen molar-refractivity contribution in [1.29, 1.82) is 0 Å². The molecule has 152 valence electrons. The van der Waals surface area contributed by atoms with Gasteiger partial charge in [0.25, 0.3) is 0 Å². The molecule has 11 heteroatoms. The number of fused-ring (bicyclic) bond motifs is 1. The first-order valence-electron chi connectivity index (χ1n) is 9.37. The highest BCUT2D eigenvalue weighted by Gasteiger charge is 2.30. The number of pyridine rings is 2. The Morgan fingerprint density at radius 2 is 2.13 bits per heavy atom. The first-order valence-corrected chi connectivity index (χ1v) is 10.2. The van der Waals surface area contributed by atoms with Crippen molar-refractivity contribution >= 4 is 39.1 Å². The Morgan fingerprint density at radius 1 is 1.27 bits per heavy atom. The van der Waals surface area contributed by atoms with Gasteiger partial charge in [-0.05, 0) is 25.7 Å². The molecule has 0 saturated heterocycles. The SMILES string of the molecule is COc1cc(NC(=O)Nc2cnc3sc(C)nc3c2C2CC2)cnc1-n1ccnn1. The smallest absolute Gasteiger partial charge is 0.323 e. The van der Waals surface area contributed by atoms with Gasteiger partial charge in [-0.1, -0.05) is 16.6 Å². The first kappa shape index (κ1) is 18.4. The molecule has 1 saturated carbocycles. The number of aromatic nitrogens is 6. The van der Waals surface area contributed by atoms with Crippen LogP contribution in [0, 0.1) is 6.92 Å². The monoisotopic (exact) mass is 422 g/mol. The standard InChI is InChI=1S/C19H18N8O2S/c1-10-23-16-15(11-3-4-11)13(9-21-18(16)30-10)25-19(28)24-12-7-14(29-2)17(20-8-12)27-6-5-22-26-27/h5-9,11H,3-4H2,1-2H3,(H2,24,25,28). The molecule has 0 spiro atoms. The highest BCUT2D eigenvalue weighted by Crippen LogP contribution is 2.46. The predicted molar refractivity (Wildman–Crippen MR) is 112 cm³/mol. The van der Waals surface area contributed by atoms with Gasteiger partial charge < -0.3 is 15.4 Å². The van der Waals surface area contributed by atoms with E-state index in [1.807, 2.05) is 6.92 Å². The lowest BCUT2D eigenvalue weighted by Crippen LogP contribution is -2.20. The Morgan fingerprint density at radius 3 is 2.87 bits per heavy atom. The van der Waals surface area contributed by atoms with Gasteiger partial charge in [-0.15, -0.1) is 5.10 Å². The summed E-state index contributed by atoms with van der Waals surface area (Å²) in [7, 11) is 1.53. The topological polar surface area (TPSA) is 120 Å². The summed E-state index contributed by atoms with van der Waals surface area (Å²) in [6.07, 6.45) is 8.64. The van der Waals surface area contributed by atoms with E-state index >= 15 is 0 Å². The van der Waals surface area contributed by atoms with E-state index < -0.39 is 0 Å². The maximum Gasteiger partial charge on any atom is 0.323 e. The number of hydrogen-bond donors (Lipinski definition) is 2. The van der Waals surface area contributed by atoms with E-state index in [9.17, 15) is 4.79 Å². The lowest BCUT2D eigenvalue weighted by molar-refractivity contribution is 0.262. The minimum absolute atomic E-state index is 0.387. The Hall–Kier alpha value is -3.60. The number of anilines is 2. The van der Waals surface area contributed by atoms with Crippen molar-refractivity contribution in [3.8, 4) is 11.6 Å². The second-order valence-electron chi connectivity index (χ2n) is 6.92. The molecule has 4 aromatic rings. The Balaban J connectivity index is 1.38. The van der Waals surface area contributed by atoms with Crippen LogP contribution in [0.4, 0.5) is 16.2 Å². The first-order chi connectivity index (χ1) is 14.6. The molecule has 0 unspecified atom stereocenters. The molecule has 0 aliphatic heterocycles. The van der Waals surface area contributed by atoms with Gasteiger partial charge in [-0.3, -0.25) is 0 Å². The maximum atomic E-state index is 12.7. The van der Waals surface area contributed by atoms with Crippen molar-refractivity contribution in [2.75, 3.05) is 17.7 Å². The highest BCUT2D eigenvalue weighted by molar-refractivity contribution is 7.18. The van der Waals surface area contributed by atoms with Crippen LogP contribution in [0.1, 0.15) is 29.3 Å². The number of rotatable bonds is 5. The van der Waals surface area contributed by atoms with Crippen LogP contribution < -0.4 is 15.4 Å². The van der Waals surface area contributed by atoms with E-state index in [4.69, 9.17) is 4.74 Å². The van der Waals surface area contributed by atoms with Crippen molar-refractivity contribution in [3.63, 3.8) is 0 Å². The fourth-order valence-corrected chi connectivity index (χ4v) is 4.09. The molecular weight excluding hydrogens is 404 g/mol. The van der Waals surface area contributed by atoms with E-state index in [1.165, 1.54) is 18.0 Å². The molecule has 1 fully saturated rings. The van der Waals surface area contributed by atoms with Crippen LogP contribution in [0.3, 0.4) is 0 Å². The van der Waals surface area contributed by atoms with Crippen LogP contribution in [0.15, 0.2) is 30.9 Å². The third kappa shape index (κ3) is 3.43. The van der Waals surface area contributed by atoms with Crippen molar-refractivity contribution in [2.45, 2.75) is 25.7 Å². The van der Waals surface area contributed by atoms with Crippen LogP contribution in [0.25, 0.3) is 16.2 Å². The maximum absolute atomic E-state index is 12.7. The summed E-state index contributed by atoms with van der Waals surface area (Å²) in [6.45, 7) is 1.96. The molecule has 2 N–H and O–H groups in total. The lowest BCUT2D eigenvalue weighted by Gasteiger charge is -2.13. The van der Waals surface area contributed by atoms with Crippen LogP contribution in [-0.4, -0.2) is 43.1 Å². The van der Waals surface area contributed by atoms with Crippen LogP contribution in [0.2, 0.25) is 0 Å². The second kappa shape index (κ2) is 7.34. The number of hydrogen-bond acceptors (Lipinski definition) is 8. The van der Waals surface area contributed by atoms with E-state index in [1.54, 1.807) is 36.0 Å². The van der Waals surface area contributed by atoms with Crippen molar-refractivity contribution < 1.29 is 9.53 Å². The Labute approximate surface area is 175 Å². The summed E-state index contributed by atoms with van der Waals surface area (Å²) in [5.41, 5.74) is 3.13. The van der Waals surface area contributed by atoms with Gasteiger partial charge in [0.15, 0.2) is 11.6 Å². The third-order valence-corrected chi connectivity index (χ3v) is 5.64. The predicted octanol–water partition coefficient (Wildman–Crippen LogP) is 3.51. The molecule has 4 aromatic heterocycles. The lowest BCUT2D eigenvalue weighted by atomic mass is 10.1. The average Bonchev–Trinajstić information content (AvgIpc) is 3.27. The Bertz CT molecular complexity index is 1230. The van der Waals surface area contributed by atoms with Gasteiger partial charge in [0.2, 0.25) is 0 Å². The minimum Gasteiger partial charge on any atom is -0.493 e. The van der Waals surface area contributed by atoms with Crippen molar-refractivity contribution in [1.82, 2.24) is 29.9 Å². The third-order valence-electron chi connectivity index (χ3n) is 4.76. The molecule has 5 rings (SSSR count). The summed E-state index contributed by atoms with van der Waals surface area (Å²) in [6, 6.07) is 1.29. The number of methoxy groups -OCH3 is 1. The average molecular weight is 422 g/mol. The molecule has 0 aromatic carbocycles. The zero-order valence-corrected chi connectivity index (χ0v) is 17.1. The number of ether oxygens (including phenoxy) is 1. The molecule has 0 bridgehead atoms. The molecule has 1 aliphatic rings. The van der Waals surface area contributed by atoms with Gasteiger partial charge >= 0.3 is 6.03 Å². The van der Waals surface area contributed by atoms with E-state index in [0.717, 1.165) is 33.8 Å². The summed E-state index contributed by atoms with van der Waals surface area (Å²) in [4.78, 5) is 27.0. The largest absolute Gasteiger partial charge is 0.493 e. The summed E-state index contributed by atoms with van der Waals surface area (Å²) >= 11 is 1.56. The number of nitrogens with one attached hydrogen (secondary N) is 2. The van der Waals surface area contributed by atoms with Crippen molar-refractivity contribution in [2.24, 2.45) is 0 Å². The number of thiazole rings is 1. The molecule has 0 atom stereocenters. The number of amides is 2. The normalized spacial score (nSPS) is 13.4. The van der Waals surface area contributed by atoms with Gasteiger partial charge in [-0.25, -0.2) is 19.7 Å². The van der Waals surface area contributed by atoms with Gasteiger partial charge in [0.1, 0.15) is 10.3 Å². The summed E-state index contributed by atoms with van der Waals surface area (Å²) in [5, 5.41) is 14.4. The number of carbonyl (C=O) groups excluding carboxylic acids is 1. The minimum atomic E-state index is -0.387. The summed E-state index contributed by atoms with van der Waals surface area (Å²) in [5.74, 6) is 1.35. The second-order valence-corrected chi connectivity index (χ2v) is 8.10. The van der Waals surface area contributed by atoms with Crippen molar-refractivity contribution in [3.05, 3.63) is 41.4 Å². The van der Waals surface area contributed by atoms with E-state index in [2.05, 4.69) is 35.9 Å². The zero-order valence-electron chi connectivity index (χ0n) is 16.3. The number of nitrogens with zero attached hydrogens (tertiary/aromatic N) is 6. The molecule has 4 heterocycles. The molecule has 2 amide bonds. The van der Waals surface area contributed by atoms with E-state index in [-0.39, 0.29) is 6.03 Å². The molecule has 30 heavy (non-hydrogen) atoms. The molecule has 0 radical (unpaired) electrons. The number of aryl methyl sites for hydroxylation is 1. The van der Waals surface area contributed by atoms with Gasteiger partial charge in [0, 0.05) is 11.6 Å².